The number of anilines is 2. The lowest BCUT2D eigenvalue weighted by Crippen LogP contribution is -2.39. The van der Waals surface area contributed by atoms with Crippen LogP contribution in [0.2, 0.25) is 0 Å². The second-order valence-electron chi connectivity index (χ2n) is 7.84. The third-order valence-electron chi connectivity index (χ3n) is 5.64. The molecule has 1 atom stereocenters. The van der Waals surface area contributed by atoms with E-state index >= 15 is 0 Å². The normalized spacial score (nSPS) is 15.3. The first-order valence-corrected chi connectivity index (χ1v) is 10.3. The van der Waals surface area contributed by atoms with Crippen LogP contribution in [0.5, 0.6) is 0 Å². The quantitative estimate of drug-likeness (QED) is 0.426. The molecule has 0 saturated carbocycles. The van der Waals surface area contributed by atoms with Gasteiger partial charge in [0, 0.05) is 24.8 Å². The Morgan fingerprint density at radius 1 is 1.10 bits per heavy atom. The highest BCUT2D eigenvalue weighted by atomic mass is 16.6. The third-order valence-corrected chi connectivity index (χ3v) is 5.64. The number of rotatable bonds is 6. The van der Waals surface area contributed by atoms with Crippen molar-refractivity contribution in [2.24, 2.45) is 5.92 Å². The fraction of sp³-hybridized carbons (Fsp3) is 0.391. The van der Waals surface area contributed by atoms with Crippen LogP contribution in [0.4, 0.5) is 17.1 Å². The summed E-state index contributed by atoms with van der Waals surface area (Å²) >= 11 is 0. The van der Waals surface area contributed by atoms with E-state index in [1.807, 2.05) is 36.9 Å². The van der Waals surface area contributed by atoms with Crippen LogP contribution in [0.25, 0.3) is 0 Å². The van der Waals surface area contributed by atoms with Crippen molar-refractivity contribution in [1.29, 1.82) is 0 Å². The average Bonchev–Trinajstić information content (AvgIpc) is 2.76. The van der Waals surface area contributed by atoms with E-state index in [0.717, 1.165) is 16.8 Å². The van der Waals surface area contributed by atoms with Gasteiger partial charge in [-0.25, -0.2) is 0 Å². The standard InChI is InChI=1S/C23H27N3O5/c1-15-7-6-8-16(2)21(15)24-22(27)17(3)31-23(28)18-11-13-25(14-12-18)19-9-4-5-10-20(19)26(29)30/h4-10,17-18H,11-14H2,1-3H3,(H,24,27)/t17-/m1/s1. The number of aryl methyl sites for hydroxylation is 2. The minimum atomic E-state index is -0.917. The molecule has 3 rings (SSSR count). The van der Waals surface area contributed by atoms with Gasteiger partial charge in [-0.05, 0) is 50.8 Å². The minimum Gasteiger partial charge on any atom is -0.452 e. The number of nitro benzene ring substituents is 1. The van der Waals surface area contributed by atoms with Gasteiger partial charge in [-0.3, -0.25) is 19.7 Å². The molecule has 0 radical (unpaired) electrons. The van der Waals surface area contributed by atoms with Gasteiger partial charge in [-0.2, -0.15) is 0 Å². The molecule has 8 heteroatoms. The highest BCUT2D eigenvalue weighted by molar-refractivity contribution is 5.96. The number of nitrogens with zero attached hydrogens (tertiary/aromatic N) is 2. The molecule has 1 saturated heterocycles. The van der Waals surface area contributed by atoms with Crippen LogP contribution in [0.3, 0.4) is 0 Å². The van der Waals surface area contributed by atoms with Gasteiger partial charge in [0.25, 0.3) is 11.6 Å². The maximum Gasteiger partial charge on any atom is 0.309 e. The Morgan fingerprint density at radius 3 is 2.32 bits per heavy atom. The van der Waals surface area contributed by atoms with E-state index in [0.29, 0.717) is 31.6 Å². The molecule has 0 aliphatic carbocycles. The molecule has 1 aliphatic heterocycles. The molecule has 0 bridgehead atoms. The summed E-state index contributed by atoms with van der Waals surface area (Å²) < 4.78 is 5.43. The minimum absolute atomic E-state index is 0.0559. The molecule has 164 valence electrons. The summed E-state index contributed by atoms with van der Waals surface area (Å²) in [7, 11) is 0. The molecule has 1 heterocycles. The maximum atomic E-state index is 12.6. The summed E-state index contributed by atoms with van der Waals surface area (Å²) in [6.45, 7) is 6.39. The second-order valence-corrected chi connectivity index (χ2v) is 7.84. The summed E-state index contributed by atoms with van der Waals surface area (Å²) in [6.07, 6.45) is 0.103. The predicted molar refractivity (Wildman–Crippen MR) is 118 cm³/mol. The van der Waals surface area contributed by atoms with E-state index in [2.05, 4.69) is 5.32 Å². The van der Waals surface area contributed by atoms with Crippen molar-refractivity contribution in [3.8, 4) is 0 Å². The van der Waals surface area contributed by atoms with Crippen LogP contribution in [0, 0.1) is 29.9 Å². The zero-order chi connectivity index (χ0) is 22.5. The number of para-hydroxylation sites is 3. The lowest BCUT2D eigenvalue weighted by molar-refractivity contribution is -0.384. The van der Waals surface area contributed by atoms with Gasteiger partial charge in [0.05, 0.1) is 10.8 Å². The second kappa shape index (κ2) is 9.59. The van der Waals surface area contributed by atoms with Gasteiger partial charge >= 0.3 is 5.97 Å². The Bertz CT molecular complexity index is 963. The summed E-state index contributed by atoms with van der Waals surface area (Å²) in [6, 6.07) is 12.3. The van der Waals surface area contributed by atoms with E-state index in [1.54, 1.807) is 25.1 Å². The summed E-state index contributed by atoms with van der Waals surface area (Å²) in [4.78, 5) is 37.9. The molecular formula is C23H27N3O5. The number of carbonyl (C=O) groups excluding carboxylic acids is 2. The fourth-order valence-corrected chi connectivity index (χ4v) is 3.80. The Balaban J connectivity index is 1.55. The smallest absolute Gasteiger partial charge is 0.309 e. The van der Waals surface area contributed by atoms with Crippen LogP contribution in [0.1, 0.15) is 30.9 Å². The maximum absolute atomic E-state index is 12.6. The number of ether oxygens (including phenoxy) is 1. The van der Waals surface area contributed by atoms with Crippen LogP contribution >= 0.6 is 0 Å². The monoisotopic (exact) mass is 425 g/mol. The highest BCUT2D eigenvalue weighted by Crippen LogP contribution is 2.31. The van der Waals surface area contributed by atoms with E-state index in [4.69, 9.17) is 4.74 Å². The number of piperidine rings is 1. The van der Waals surface area contributed by atoms with Crippen molar-refractivity contribution in [3.05, 3.63) is 63.7 Å². The van der Waals surface area contributed by atoms with Gasteiger partial charge in [-0.1, -0.05) is 30.3 Å². The zero-order valence-electron chi connectivity index (χ0n) is 18.0. The topological polar surface area (TPSA) is 102 Å². The van der Waals surface area contributed by atoms with Gasteiger partial charge < -0.3 is 15.0 Å². The molecule has 0 spiro atoms. The number of hydrogen-bond donors (Lipinski definition) is 1. The first-order valence-electron chi connectivity index (χ1n) is 10.3. The van der Waals surface area contributed by atoms with E-state index in [-0.39, 0.29) is 17.5 Å². The molecule has 1 amide bonds. The van der Waals surface area contributed by atoms with E-state index in [9.17, 15) is 19.7 Å². The van der Waals surface area contributed by atoms with Gasteiger partial charge in [0.15, 0.2) is 6.10 Å². The molecule has 0 unspecified atom stereocenters. The summed E-state index contributed by atoms with van der Waals surface area (Å²) in [5.74, 6) is -1.12. The fourth-order valence-electron chi connectivity index (χ4n) is 3.80. The molecular weight excluding hydrogens is 398 g/mol. The Hall–Kier alpha value is -3.42. The Morgan fingerprint density at radius 2 is 1.71 bits per heavy atom. The molecule has 2 aromatic carbocycles. The van der Waals surface area contributed by atoms with Crippen molar-refractivity contribution >= 4 is 28.9 Å². The van der Waals surface area contributed by atoms with Gasteiger partial charge in [-0.15, -0.1) is 0 Å². The number of benzene rings is 2. The summed E-state index contributed by atoms with van der Waals surface area (Å²) in [5.41, 5.74) is 3.22. The molecule has 1 aliphatic rings. The summed E-state index contributed by atoms with van der Waals surface area (Å²) in [5, 5.41) is 14.1. The van der Waals surface area contributed by atoms with Crippen LogP contribution in [-0.4, -0.2) is 36.0 Å². The molecule has 2 aromatic rings. The lowest BCUT2D eigenvalue weighted by Gasteiger charge is -2.32. The van der Waals surface area contributed by atoms with E-state index in [1.165, 1.54) is 6.07 Å². The predicted octanol–water partition coefficient (Wildman–Crippen LogP) is 4.00. The van der Waals surface area contributed by atoms with Crippen molar-refractivity contribution < 1.29 is 19.2 Å². The third kappa shape index (κ3) is 5.20. The highest BCUT2D eigenvalue weighted by Gasteiger charge is 2.31. The largest absolute Gasteiger partial charge is 0.452 e. The number of carbonyl (C=O) groups is 2. The number of hydrogen-bond acceptors (Lipinski definition) is 6. The number of esters is 1. The lowest BCUT2D eigenvalue weighted by atomic mass is 9.96. The SMILES string of the molecule is Cc1cccc(C)c1NC(=O)[C@@H](C)OC(=O)C1CCN(c2ccccc2[N+](=O)[O-])CC1. The Kier molecular flexibility index (Phi) is 6.89. The van der Waals surface area contributed by atoms with Crippen molar-refractivity contribution in [1.82, 2.24) is 0 Å². The molecule has 1 N–H and O–H groups in total. The number of amides is 1. The van der Waals surface area contributed by atoms with Crippen LogP contribution in [-0.2, 0) is 14.3 Å². The van der Waals surface area contributed by atoms with E-state index < -0.39 is 17.0 Å². The van der Waals surface area contributed by atoms with Crippen molar-refractivity contribution in [2.45, 2.75) is 39.7 Å². The van der Waals surface area contributed by atoms with Crippen LogP contribution in [0.15, 0.2) is 42.5 Å². The van der Waals surface area contributed by atoms with Crippen molar-refractivity contribution in [3.63, 3.8) is 0 Å². The van der Waals surface area contributed by atoms with Gasteiger partial charge in [0.1, 0.15) is 5.69 Å². The van der Waals surface area contributed by atoms with Crippen molar-refractivity contribution in [2.75, 3.05) is 23.3 Å². The number of nitro groups is 1. The van der Waals surface area contributed by atoms with Gasteiger partial charge in [0.2, 0.25) is 0 Å². The molecule has 31 heavy (non-hydrogen) atoms. The molecule has 1 fully saturated rings. The first kappa shape index (κ1) is 22.3. The number of nitrogens with one attached hydrogen (secondary N) is 1. The van der Waals surface area contributed by atoms with Crippen LogP contribution < -0.4 is 10.2 Å². The first-order chi connectivity index (χ1) is 14.8. The molecule has 0 aromatic heterocycles. The zero-order valence-corrected chi connectivity index (χ0v) is 18.0. The Labute approximate surface area is 181 Å². The molecule has 8 nitrogen and oxygen atoms in total. The average molecular weight is 425 g/mol.